The Morgan fingerprint density at radius 1 is 0.783 bits per heavy atom. The summed E-state index contributed by atoms with van der Waals surface area (Å²) in [6, 6.07) is 15.6. The molecule has 0 aliphatic heterocycles. The van der Waals surface area contributed by atoms with E-state index in [0.29, 0.717) is 37.1 Å². The van der Waals surface area contributed by atoms with Crippen LogP contribution in [0.2, 0.25) is 0 Å². The molecule has 122 valence electrons. The Morgan fingerprint density at radius 3 is 2.09 bits per heavy atom. The number of methoxy groups -OCH3 is 2. The zero-order valence-electron chi connectivity index (χ0n) is 13.5. The van der Waals surface area contributed by atoms with E-state index >= 15 is 0 Å². The van der Waals surface area contributed by atoms with Gasteiger partial charge in [-0.25, -0.2) is 0 Å². The highest BCUT2D eigenvalue weighted by molar-refractivity contribution is 5.51. The van der Waals surface area contributed by atoms with Crippen LogP contribution in [-0.2, 0) is 11.3 Å². The number of ether oxygens (including phenoxy) is 4. The molecule has 4 nitrogen and oxygen atoms in total. The fraction of sp³-hybridized carbons (Fsp3) is 0.263. The first kappa shape index (κ1) is 16.9. The Hall–Kier alpha value is -2.46. The molecule has 23 heavy (non-hydrogen) atoms. The predicted octanol–water partition coefficient (Wildman–Crippen LogP) is 3.86. The quantitative estimate of drug-likeness (QED) is 0.520. The minimum Gasteiger partial charge on any atom is -0.493 e. The standard InChI is InChI=1S/C19H22O4/c1-20-17-11-8-12-18(21-2)19(17)23-14-7-6-13-22-15-16-9-4-3-5-10-16/h3-12H,13-15H2,1-2H3/b7-6+. The van der Waals surface area contributed by atoms with Gasteiger partial charge in [0.15, 0.2) is 11.5 Å². The third kappa shape index (κ3) is 5.34. The molecule has 0 heterocycles. The molecule has 4 heteroatoms. The van der Waals surface area contributed by atoms with Crippen molar-refractivity contribution in [2.75, 3.05) is 27.4 Å². The summed E-state index contributed by atoms with van der Waals surface area (Å²) in [5, 5.41) is 0. The smallest absolute Gasteiger partial charge is 0.203 e. The maximum atomic E-state index is 5.72. The molecule has 0 fully saturated rings. The molecular weight excluding hydrogens is 292 g/mol. The maximum Gasteiger partial charge on any atom is 0.203 e. The molecule has 2 rings (SSSR count). The van der Waals surface area contributed by atoms with Crippen LogP contribution >= 0.6 is 0 Å². The lowest BCUT2D eigenvalue weighted by atomic mass is 10.2. The third-order valence-electron chi connectivity index (χ3n) is 3.20. The van der Waals surface area contributed by atoms with E-state index in [0.717, 1.165) is 5.56 Å². The Kier molecular flexibility index (Phi) is 7.01. The molecule has 0 saturated heterocycles. The zero-order chi connectivity index (χ0) is 16.3. The van der Waals surface area contributed by atoms with Gasteiger partial charge in [0.05, 0.1) is 27.4 Å². The number of rotatable bonds is 9. The van der Waals surface area contributed by atoms with Gasteiger partial charge in [0.2, 0.25) is 5.75 Å². The van der Waals surface area contributed by atoms with Gasteiger partial charge in [-0.05, 0) is 23.8 Å². The van der Waals surface area contributed by atoms with E-state index in [9.17, 15) is 0 Å². The number of hydrogen-bond acceptors (Lipinski definition) is 4. The van der Waals surface area contributed by atoms with Crippen molar-refractivity contribution in [2.24, 2.45) is 0 Å². The molecule has 0 spiro atoms. The lowest BCUT2D eigenvalue weighted by Gasteiger charge is -2.12. The summed E-state index contributed by atoms with van der Waals surface area (Å²) in [6.45, 7) is 1.57. The van der Waals surface area contributed by atoms with Crippen molar-refractivity contribution in [1.29, 1.82) is 0 Å². The van der Waals surface area contributed by atoms with Crippen LogP contribution in [0.4, 0.5) is 0 Å². The first-order valence-electron chi connectivity index (χ1n) is 7.45. The van der Waals surface area contributed by atoms with Crippen LogP contribution in [0.25, 0.3) is 0 Å². The van der Waals surface area contributed by atoms with E-state index in [4.69, 9.17) is 18.9 Å². The predicted molar refractivity (Wildman–Crippen MR) is 90.3 cm³/mol. The normalized spacial score (nSPS) is 10.7. The van der Waals surface area contributed by atoms with E-state index < -0.39 is 0 Å². The summed E-state index contributed by atoms with van der Waals surface area (Å²) in [5.41, 5.74) is 1.16. The highest BCUT2D eigenvalue weighted by Crippen LogP contribution is 2.36. The summed E-state index contributed by atoms with van der Waals surface area (Å²) in [6.07, 6.45) is 3.85. The van der Waals surface area contributed by atoms with E-state index in [1.54, 1.807) is 14.2 Å². The summed E-state index contributed by atoms with van der Waals surface area (Å²) in [4.78, 5) is 0. The molecule has 0 bridgehead atoms. The van der Waals surface area contributed by atoms with Gasteiger partial charge in [-0.2, -0.15) is 0 Å². The maximum absolute atomic E-state index is 5.72. The van der Waals surface area contributed by atoms with Gasteiger partial charge < -0.3 is 18.9 Å². The van der Waals surface area contributed by atoms with Crippen molar-refractivity contribution in [2.45, 2.75) is 6.61 Å². The van der Waals surface area contributed by atoms with E-state index in [1.807, 2.05) is 60.7 Å². The van der Waals surface area contributed by atoms with E-state index in [-0.39, 0.29) is 0 Å². The second kappa shape index (κ2) is 9.54. The van der Waals surface area contributed by atoms with Crippen molar-refractivity contribution in [3.63, 3.8) is 0 Å². The zero-order valence-corrected chi connectivity index (χ0v) is 13.5. The van der Waals surface area contributed by atoms with Crippen LogP contribution in [0.1, 0.15) is 5.56 Å². The average molecular weight is 314 g/mol. The van der Waals surface area contributed by atoms with Gasteiger partial charge in [0.25, 0.3) is 0 Å². The molecule has 2 aromatic rings. The van der Waals surface area contributed by atoms with Crippen molar-refractivity contribution >= 4 is 0 Å². The second-order valence-electron chi connectivity index (χ2n) is 4.77. The van der Waals surface area contributed by atoms with Gasteiger partial charge in [0.1, 0.15) is 6.61 Å². The molecule has 0 radical (unpaired) electrons. The Labute approximate surface area is 137 Å². The summed E-state index contributed by atoms with van der Waals surface area (Å²) >= 11 is 0. The highest BCUT2D eigenvalue weighted by atomic mass is 16.5. The molecule has 0 amide bonds. The van der Waals surface area contributed by atoms with Crippen molar-refractivity contribution in [3.8, 4) is 17.2 Å². The minimum absolute atomic E-state index is 0.422. The highest BCUT2D eigenvalue weighted by Gasteiger charge is 2.09. The van der Waals surface area contributed by atoms with Crippen LogP contribution in [0.15, 0.2) is 60.7 Å². The summed E-state index contributed by atoms with van der Waals surface area (Å²) < 4.78 is 21.8. The molecule has 0 aliphatic rings. The molecule has 0 saturated carbocycles. The molecule has 2 aromatic carbocycles. The topological polar surface area (TPSA) is 36.9 Å². The molecule has 0 aliphatic carbocycles. The number of benzene rings is 2. The largest absolute Gasteiger partial charge is 0.493 e. The molecule has 0 N–H and O–H groups in total. The summed E-state index contributed by atoms with van der Waals surface area (Å²) in [5.74, 6) is 1.91. The van der Waals surface area contributed by atoms with Crippen LogP contribution < -0.4 is 14.2 Å². The van der Waals surface area contributed by atoms with Crippen molar-refractivity contribution in [3.05, 3.63) is 66.2 Å². The summed E-state index contributed by atoms with van der Waals surface area (Å²) in [7, 11) is 3.21. The molecule has 0 atom stereocenters. The third-order valence-corrected chi connectivity index (χ3v) is 3.20. The first-order valence-corrected chi connectivity index (χ1v) is 7.45. The lowest BCUT2D eigenvalue weighted by Crippen LogP contribution is -2.00. The van der Waals surface area contributed by atoms with Crippen LogP contribution in [0, 0.1) is 0 Å². The Morgan fingerprint density at radius 2 is 1.43 bits per heavy atom. The van der Waals surface area contributed by atoms with Gasteiger partial charge in [0, 0.05) is 0 Å². The van der Waals surface area contributed by atoms with Crippen LogP contribution in [-0.4, -0.2) is 27.4 Å². The van der Waals surface area contributed by atoms with Gasteiger partial charge in [-0.1, -0.05) is 42.5 Å². The fourth-order valence-corrected chi connectivity index (χ4v) is 2.05. The van der Waals surface area contributed by atoms with Gasteiger partial charge in [-0.15, -0.1) is 0 Å². The average Bonchev–Trinajstić information content (AvgIpc) is 2.61. The monoisotopic (exact) mass is 314 g/mol. The van der Waals surface area contributed by atoms with E-state index in [1.165, 1.54) is 0 Å². The van der Waals surface area contributed by atoms with Gasteiger partial charge >= 0.3 is 0 Å². The van der Waals surface area contributed by atoms with Crippen molar-refractivity contribution < 1.29 is 18.9 Å². The Bertz CT molecular complexity index is 586. The molecule has 0 unspecified atom stereocenters. The molecule has 0 aromatic heterocycles. The Balaban J connectivity index is 1.74. The number of hydrogen-bond donors (Lipinski definition) is 0. The van der Waals surface area contributed by atoms with Crippen molar-refractivity contribution in [1.82, 2.24) is 0 Å². The van der Waals surface area contributed by atoms with Crippen LogP contribution in [0.5, 0.6) is 17.2 Å². The fourth-order valence-electron chi connectivity index (χ4n) is 2.05. The molecular formula is C19H22O4. The van der Waals surface area contributed by atoms with Crippen LogP contribution in [0.3, 0.4) is 0 Å². The second-order valence-corrected chi connectivity index (χ2v) is 4.77. The first-order chi connectivity index (χ1) is 11.3. The minimum atomic E-state index is 0.422. The van der Waals surface area contributed by atoms with E-state index in [2.05, 4.69) is 0 Å². The number of para-hydroxylation sites is 1. The van der Waals surface area contributed by atoms with Gasteiger partial charge in [-0.3, -0.25) is 0 Å². The SMILES string of the molecule is COc1cccc(OC)c1OC/C=C/COCc1ccccc1. The lowest BCUT2D eigenvalue weighted by molar-refractivity contribution is 0.148.